The SMILES string of the molecule is CNC1CC2CCCC(C1)N2CC1(C(C)C)CC1. The van der Waals surface area contributed by atoms with Crippen LogP contribution < -0.4 is 5.32 Å². The molecule has 0 radical (unpaired) electrons. The molecule has 2 aliphatic heterocycles. The third-order valence-electron chi connectivity index (χ3n) is 6.15. The van der Waals surface area contributed by atoms with Crippen LogP contribution in [0.1, 0.15) is 58.8 Å². The maximum Gasteiger partial charge on any atom is 0.0113 e. The van der Waals surface area contributed by atoms with E-state index >= 15 is 0 Å². The fourth-order valence-electron chi connectivity index (χ4n) is 4.41. The summed E-state index contributed by atoms with van der Waals surface area (Å²) in [6.45, 7) is 6.27. The Bertz CT molecular complexity index is 281. The molecule has 2 heteroatoms. The summed E-state index contributed by atoms with van der Waals surface area (Å²) in [5.41, 5.74) is 0.695. The van der Waals surface area contributed by atoms with Gasteiger partial charge >= 0.3 is 0 Å². The molecule has 18 heavy (non-hydrogen) atoms. The van der Waals surface area contributed by atoms with Gasteiger partial charge in [0.05, 0.1) is 0 Å². The summed E-state index contributed by atoms with van der Waals surface area (Å²) < 4.78 is 0. The van der Waals surface area contributed by atoms with Crippen LogP contribution in [0.4, 0.5) is 0 Å². The first kappa shape index (κ1) is 12.9. The van der Waals surface area contributed by atoms with Crippen LogP contribution in [-0.4, -0.2) is 36.6 Å². The van der Waals surface area contributed by atoms with Gasteiger partial charge < -0.3 is 5.32 Å². The highest BCUT2D eigenvalue weighted by Gasteiger charge is 2.49. The lowest BCUT2D eigenvalue weighted by Crippen LogP contribution is -2.57. The monoisotopic (exact) mass is 250 g/mol. The third kappa shape index (κ3) is 2.22. The average Bonchev–Trinajstić information content (AvgIpc) is 3.09. The van der Waals surface area contributed by atoms with E-state index in [4.69, 9.17) is 0 Å². The average molecular weight is 250 g/mol. The van der Waals surface area contributed by atoms with Crippen molar-refractivity contribution in [3.8, 4) is 0 Å². The van der Waals surface area contributed by atoms with Gasteiger partial charge in [0.15, 0.2) is 0 Å². The number of rotatable bonds is 4. The normalized spacial score (nSPS) is 39.0. The van der Waals surface area contributed by atoms with Crippen molar-refractivity contribution in [2.45, 2.75) is 76.9 Å². The van der Waals surface area contributed by atoms with Crippen LogP contribution in [0.3, 0.4) is 0 Å². The van der Waals surface area contributed by atoms with Crippen molar-refractivity contribution < 1.29 is 0 Å². The number of nitrogens with zero attached hydrogens (tertiary/aromatic N) is 1. The molecule has 2 bridgehead atoms. The molecule has 2 unspecified atom stereocenters. The van der Waals surface area contributed by atoms with E-state index in [0.29, 0.717) is 5.41 Å². The van der Waals surface area contributed by atoms with Gasteiger partial charge in [0.1, 0.15) is 0 Å². The Balaban J connectivity index is 1.69. The number of piperidine rings is 2. The van der Waals surface area contributed by atoms with E-state index in [0.717, 1.165) is 24.0 Å². The molecule has 1 saturated carbocycles. The van der Waals surface area contributed by atoms with Gasteiger partial charge in [0.25, 0.3) is 0 Å². The fraction of sp³-hybridized carbons (Fsp3) is 1.00. The zero-order valence-electron chi connectivity index (χ0n) is 12.4. The van der Waals surface area contributed by atoms with Gasteiger partial charge in [-0.25, -0.2) is 0 Å². The van der Waals surface area contributed by atoms with E-state index in [-0.39, 0.29) is 0 Å². The minimum atomic E-state index is 0.695. The summed E-state index contributed by atoms with van der Waals surface area (Å²) in [5, 5.41) is 3.53. The van der Waals surface area contributed by atoms with Crippen molar-refractivity contribution in [1.29, 1.82) is 0 Å². The highest BCUT2D eigenvalue weighted by Crippen LogP contribution is 2.53. The number of fused-ring (bicyclic) bond motifs is 2. The summed E-state index contributed by atoms with van der Waals surface area (Å²) in [6, 6.07) is 2.54. The van der Waals surface area contributed by atoms with Gasteiger partial charge in [0, 0.05) is 24.7 Å². The van der Waals surface area contributed by atoms with Crippen molar-refractivity contribution in [2.75, 3.05) is 13.6 Å². The predicted molar refractivity (Wildman–Crippen MR) is 76.7 cm³/mol. The molecule has 0 aromatic carbocycles. The lowest BCUT2D eigenvalue weighted by atomic mass is 9.79. The zero-order valence-corrected chi connectivity index (χ0v) is 12.4. The molecule has 3 aliphatic rings. The quantitative estimate of drug-likeness (QED) is 0.825. The summed E-state index contributed by atoms with van der Waals surface area (Å²) in [4.78, 5) is 2.92. The fourth-order valence-corrected chi connectivity index (χ4v) is 4.41. The van der Waals surface area contributed by atoms with E-state index < -0.39 is 0 Å². The molecule has 3 fully saturated rings. The first-order valence-corrected chi connectivity index (χ1v) is 8.07. The molecule has 2 heterocycles. The molecule has 0 aromatic heterocycles. The topological polar surface area (TPSA) is 15.3 Å². The minimum Gasteiger partial charge on any atom is -0.317 e. The van der Waals surface area contributed by atoms with Crippen LogP contribution in [0.15, 0.2) is 0 Å². The second kappa shape index (κ2) is 4.79. The Morgan fingerprint density at radius 1 is 1.17 bits per heavy atom. The zero-order chi connectivity index (χ0) is 12.8. The smallest absolute Gasteiger partial charge is 0.0113 e. The van der Waals surface area contributed by atoms with E-state index in [9.17, 15) is 0 Å². The van der Waals surface area contributed by atoms with Crippen molar-refractivity contribution >= 4 is 0 Å². The number of hydrogen-bond acceptors (Lipinski definition) is 2. The van der Waals surface area contributed by atoms with E-state index in [1.807, 2.05) is 0 Å². The Hall–Kier alpha value is -0.0800. The van der Waals surface area contributed by atoms with E-state index in [1.54, 1.807) is 0 Å². The van der Waals surface area contributed by atoms with Crippen molar-refractivity contribution in [3.63, 3.8) is 0 Å². The number of nitrogens with one attached hydrogen (secondary N) is 1. The minimum absolute atomic E-state index is 0.695. The lowest BCUT2D eigenvalue weighted by molar-refractivity contribution is 0.00298. The molecule has 3 rings (SSSR count). The van der Waals surface area contributed by atoms with E-state index in [1.165, 1.54) is 51.5 Å². The molecule has 2 atom stereocenters. The van der Waals surface area contributed by atoms with Crippen molar-refractivity contribution in [2.24, 2.45) is 11.3 Å². The largest absolute Gasteiger partial charge is 0.317 e. The molecule has 0 amide bonds. The Kier molecular flexibility index (Phi) is 3.44. The molecule has 2 saturated heterocycles. The molecule has 0 aromatic rings. The van der Waals surface area contributed by atoms with Crippen LogP contribution in [0, 0.1) is 11.3 Å². The molecule has 2 nitrogen and oxygen atoms in total. The Morgan fingerprint density at radius 2 is 1.78 bits per heavy atom. The Morgan fingerprint density at radius 3 is 2.22 bits per heavy atom. The number of hydrogen-bond donors (Lipinski definition) is 1. The van der Waals surface area contributed by atoms with Gasteiger partial charge in [-0.05, 0) is 56.9 Å². The summed E-state index contributed by atoms with van der Waals surface area (Å²) in [5.74, 6) is 0.875. The van der Waals surface area contributed by atoms with Crippen LogP contribution in [0.2, 0.25) is 0 Å². The summed E-state index contributed by atoms with van der Waals surface area (Å²) >= 11 is 0. The first-order valence-electron chi connectivity index (χ1n) is 8.07. The molecule has 104 valence electrons. The molecule has 1 N–H and O–H groups in total. The van der Waals surface area contributed by atoms with Crippen LogP contribution in [0.25, 0.3) is 0 Å². The van der Waals surface area contributed by atoms with E-state index in [2.05, 4.69) is 31.1 Å². The molecular weight excluding hydrogens is 220 g/mol. The molecule has 0 spiro atoms. The Labute approximate surface area is 113 Å². The third-order valence-corrected chi connectivity index (χ3v) is 6.15. The second-order valence-corrected chi connectivity index (χ2v) is 7.38. The predicted octanol–water partition coefficient (Wildman–Crippen LogP) is 3.03. The first-order chi connectivity index (χ1) is 8.64. The van der Waals surface area contributed by atoms with Crippen LogP contribution >= 0.6 is 0 Å². The summed E-state index contributed by atoms with van der Waals surface area (Å²) in [6.07, 6.45) is 10.1. The van der Waals surface area contributed by atoms with Gasteiger partial charge in [-0.2, -0.15) is 0 Å². The lowest BCUT2D eigenvalue weighted by Gasteiger charge is -2.50. The summed E-state index contributed by atoms with van der Waals surface area (Å²) in [7, 11) is 2.15. The standard InChI is InChI=1S/C16H30N2/c1-12(2)16(7-8-16)11-18-14-5-4-6-15(18)10-13(9-14)17-3/h12-15,17H,4-11H2,1-3H3. The highest BCUT2D eigenvalue weighted by molar-refractivity contribution is 5.03. The van der Waals surface area contributed by atoms with Crippen molar-refractivity contribution in [1.82, 2.24) is 10.2 Å². The van der Waals surface area contributed by atoms with Crippen LogP contribution in [0.5, 0.6) is 0 Å². The van der Waals surface area contributed by atoms with Gasteiger partial charge in [0.2, 0.25) is 0 Å². The van der Waals surface area contributed by atoms with Crippen molar-refractivity contribution in [3.05, 3.63) is 0 Å². The molecular formula is C16H30N2. The maximum atomic E-state index is 3.53. The van der Waals surface area contributed by atoms with Gasteiger partial charge in [-0.15, -0.1) is 0 Å². The second-order valence-electron chi connectivity index (χ2n) is 7.38. The maximum absolute atomic E-state index is 3.53. The van der Waals surface area contributed by atoms with Gasteiger partial charge in [-0.3, -0.25) is 4.90 Å². The molecule has 1 aliphatic carbocycles. The highest BCUT2D eigenvalue weighted by atomic mass is 15.2. The van der Waals surface area contributed by atoms with Crippen LogP contribution in [-0.2, 0) is 0 Å². The van der Waals surface area contributed by atoms with Gasteiger partial charge in [-0.1, -0.05) is 20.3 Å².